The van der Waals surface area contributed by atoms with E-state index in [-0.39, 0.29) is 6.17 Å². The van der Waals surface area contributed by atoms with Gasteiger partial charge in [-0.25, -0.2) is 0 Å². The summed E-state index contributed by atoms with van der Waals surface area (Å²) >= 11 is 0. The van der Waals surface area contributed by atoms with Crippen molar-refractivity contribution in [3.63, 3.8) is 0 Å². The molecule has 0 aliphatic rings. The highest BCUT2D eigenvalue weighted by atomic mass is 16.4. The first-order valence-corrected chi connectivity index (χ1v) is 15.2. The maximum atomic E-state index is 9.87. The predicted octanol–water partition coefficient (Wildman–Crippen LogP) is 7.42. The van der Waals surface area contributed by atoms with Gasteiger partial charge in [0.1, 0.15) is 0 Å². The van der Waals surface area contributed by atoms with Gasteiger partial charge < -0.3 is 31.9 Å². The number of carboxylic acids is 4. The molecule has 0 amide bonds. The summed E-state index contributed by atoms with van der Waals surface area (Å²) in [5.41, 5.74) is 10.6. The highest BCUT2D eigenvalue weighted by Crippen LogP contribution is 1.99. The third-order valence-electron chi connectivity index (χ3n) is 5.12. The van der Waals surface area contributed by atoms with Gasteiger partial charge in [-0.1, -0.05) is 105 Å². The van der Waals surface area contributed by atoms with Crippen molar-refractivity contribution in [3.8, 4) is 0 Å². The number of carboxylic acid groups (broad SMARTS) is 4. The van der Waals surface area contributed by atoms with Crippen LogP contribution < -0.4 is 11.5 Å². The second-order valence-corrected chi connectivity index (χ2v) is 9.56. The second kappa shape index (κ2) is 43.8. The summed E-state index contributed by atoms with van der Waals surface area (Å²) in [7, 11) is 0. The summed E-state index contributed by atoms with van der Waals surface area (Å²) in [6, 6.07) is 0. The van der Waals surface area contributed by atoms with Crippen molar-refractivity contribution in [2.24, 2.45) is 11.5 Å². The van der Waals surface area contributed by atoms with Crippen LogP contribution >= 0.6 is 0 Å². The topological polar surface area (TPSA) is 201 Å². The molecule has 10 heteroatoms. The van der Waals surface area contributed by atoms with Crippen LogP contribution in [0.5, 0.6) is 0 Å². The molecular formula is C30H64N2O8. The van der Waals surface area contributed by atoms with Crippen molar-refractivity contribution in [3.05, 3.63) is 0 Å². The zero-order valence-electron chi connectivity index (χ0n) is 26.3. The van der Waals surface area contributed by atoms with E-state index in [9.17, 15) is 19.2 Å². The molecule has 0 aliphatic heterocycles. The highest BCUT2D eigenvalue weighted by molar-refractivity contribution is 5.67. The summed E-state index contributed by atoms with van der Waals surface area (Å²) in [5.74, 6) is -2.73. The van der Waals surface area contributed by atoms with Crippen molar-refractivity contribution < 1.29 is 39.6 Å². The number of aliphatic carboxylic acids is 4. The maximum Gasteiger partial charge on any atom is 0.303 e. The van der Waals surface area contributed by atoms with Gasteiger partial charge in [0.25, 0.3) is 0 Å². The van der Waals surface area contributed by atoms with E-state index in [2.05, 4.69) is 34.6 Å². The van der Waals surface area contributed by atoms with E-state index in [1.807, 2.05) is 0 Å². The fourth-order valence-corrected chi connectivity index (χ4v) is 2.73. The molecule has 10 nitrogen and oxygen atoms in total. The standard InChI is InChI=1S/C6H16N2.4C6H12O2/c5*1-2-3-4-5-6(7)8/h6H,2-5,7-8H2,1H3;4*2-5H2,1H3,(H,7,8). The predicted molar refractivity (Wildman–Crippen MR) is 163 cm³/mol. The Kier molecular flexibility index (Phi) is 52.1. The van der Waals surface area contributed by atoms with Crippen molar-refractivity contribution in [2.45, 2.75) is 169 Å². The number of hydrogen-bond donors (Lipinski definition) is 6. The maximum absolute atomic E-state index is 9.87. The number of unbranched alkanes of at least 4 members (excludes halogenated alkanes) is 10. The molecule has 0 spiro atoms. The van der Waals surface area contributed by atoms with Crippen LogP contribution in [0.4, 0.5) is 0 Å². The molecule has 0 radical (unpaired) electrons. The zero-order valence-corrected chi connectivity index (χ0v) is 26.3. The van der Waals surface area contributed by atoms with Crippen LogP contribution in [0.25, 0.3) is 0 Å². The quantitative estimate of drug-likeness (QED) is 0.0621. The summed E-state index contributed by atoms with van der Waals surface area (Å²) < 4.78 is 0. The Hall–Kier alpha value is -2.20. The number of nitrogens with two attached hydrogens (primary N) is 2. The van der Waals surface area contributed by atoms with Gasteiger partial charge in [0.15, 0.2) is 0 Å². The van der Waals surface area contributed by atoms with E-state index >= 15 is 0 Å². The van der Waals surface area contributed by atoms with Crippen molar-refractivity contribution in [1.82, 2.24) is 0 Å². The Morgan fingerprint density at radius 1 is 0.425 bits per heavy atom. The Labute approximate surface area is 244 Å². The van der Waals surface area contributed by atoms with Gasteiger partial charge >= 0.3 is 23.9 Å². The first kappa shape index (κ1) is 47.6. The molecule has 0 aromatic carbocycles. The third kappa shape index (κ3) is 83.4. The normalized spacial score (nSPS) is 9.40. The van der Waals surface area contributed by atoms with E-state index in [4.69, 9.17) is 31.9 Å². The van der Waals surface area contributed by atoms with Crippen LogP contribution in [-0.4, -0.2) is 50.5 Å². The number of carbonyl (C=O) groups is 4. The van der Waals surface area contributed by atoms with Gasteiger partial charge in [0, 0.05) is 25.7 Å². The van der Waals surface area contributed by atoms with Crippen molar-refractivity contribution in [1.29, 1.82) is 0 Å². The minimum Gasteiger partial charge on any atom is -0.481 e. The fraction of sp³-hybridized carbons (Fsp3) is 0.867. The first-order chi connectivity index (χ1) is 18.9. The van der Waals surface area contributed by atoms with Gasteiger partial charge in [-0.15, -0.1) is 0 Å². The summed E-state index contributed by atoms with van der Waals surface area (Å²) in [5, 5.41) is 32.6. The molecule has 242 valence electrons. The molecule has 0 unspecified atom stereocenters. The average Bonchev–Trinajstić information content (AvgIpc) is 2.86. The summed E-state index contributed by atoms with van der Waals surface area (Å²) in [6.07, 6.45) is 17.7. The van der Waals surface area contributed by atoms with Crippen LogP contribution in [-0.2, 0) is 19.2 Å². The Morgan fingerprint density at radius 2 is 0.625 bits per heavy atom. The molecule has 0 heterocycles. The molecule has 40 heavy (non-hydrogen) atoms. The smallest absolute Gasteiger partial charge is 0.303 e. The van der Waals surface area contributed by atoms with Gasteiger partial charge in [-0.05, 0) is 32.1 Å². The number of rotatable bonds is 20. The molecule has 0 fully saturated rings. The average molecular weight is 581 g/mol. The van der Waals surface area contributed by atoms with Gasteiger partial charge in [-0.3, -0.25) is 19.2 Å². The molecule has 0 saturated heterocycles. The highest BCUT2D eigenvalue weighted by Gasteiger charge is 1.95. The molecule has 0 aromatic heterocycles. The largest absolute Gasteiger partial charge is 0.481 e. The van der Waals surface area contributed by atoms with Crippen molar-refractivity contribution >= 4 is 23.9 Å². The minimum atomic E-state index is -0.682. The van der Waals surface area contributed by atoms with Gasteiger partial charge in [0.2, 0.25) is 0 Å². The lowest BCUT2D eigenvalue weighted by Gasteiger charge is -2.01. The Balaban J connectivity index is -0.000000128. The minimum absolute atomic E-state index is 0.0958. The zero-order chi connectivity index (χ0) is 32.0. The van der Waals surface area contributed by atoms with Gasteiger partial charge in [-0.2, -0.15) is 0 Å². The summed E-state index contributed by atoms with van der Waals surface area (Å²) in [6.45, 7) is 10.4. The van der Waals surface area contributed by atoms with Crippen LogP contribution in [0.15, 0.2) is 0 Å². The molecule has 0 aromatic rings. The van der Waals surface area contributed by atoms with Crippen LogP contribution in [0, 0.1) is 0 Å². The Bertz CT molecular complexity index is 464. The van der Waals surface area contributed by atoms with E-state index < -0.39 is 23.9 Å². The molecule has 0 bridgehead atoms. The lowest BCUT2D eigenvalue weighted by atomic mass is 10.2. The Morgan fingerprint density at radius 3 is 0.775 bits per heavy atom. The monoisotopic (exact) mass is 580 g/mol. The van der Waals surface area contributed by atoms with E-state index in [0.717, 1.165) is 83.5 Å². The third-order valence-corrected chi connectivity index (χ3v) is 5.12. The van der Waals surface area contributed by atoms with Gasteiger partial charge in [0.05, 0.1) is 6.17 Å². The molecule has 0 saturated carbocycles. The molecule has 0 rings (SSSR count). The van der Waals surface area contributed by atoms with E-state index in [0.29, 0.717) is 25.7 Å². The van der Waals surface area contributed by atoms with Crippen LogP contribution in [0.2, 0.25) is 0 Å². The van der Waals surface area contributed by atoms with E-state index in [1.165, 1.54) is 19.3 Å². The summed E-state index contributed by atoms with van der Waals surface area (Å²) in [4.78, 5) is 39.5. The number of hydrogen-bond acceptors (Lipinski definition) is 6. The molecular weight excluding hydrogens is 516 g/mol. The van der Waals surface area contributed by atoms with Crippen molar-refractivity contribution in [2.75, 3.05) is 0 Å². The van der Waals surface area contributed by atoms with E-state index in [1.54, 1.807) is 0 Å². The lowest BCUT2D eigenvalue weighted by Crippen LogP contribution is -2.29. The molecule has 8 N–H and O–H groups in total. The second-order valence-electron chi connectivity index (χ2n) is 9.56. The van der Waals surface area contributed by atoms with Crippen LogP contribution in [0.3, 0.4) is 0 Å². The SMILES string of the molecule is CCCCCC(=O)O.CCCCCC(=O)O.CCCCCC(=O)O.CCCCCC(=O)O.CCCCCC(N)N. The molecule has 0 atom stereocenters. The van der Waals surface area contributed by atoms with Crippen LogP contribution in [0.1, 0.15) is 163 Å². The lowest BCUT2D eigenvalue weighted by molar-refractivity contribution is -0.138. The first-order valence-electron chi connectivity index (χ1n) is 15.2. The molecule has 0 aliphatic carbocycles. The fourth-order valence-electron chi connectivity index (χ4n) is 2.73.